The Balaban J connectivity index is 4.21. The highest BCUT2D eigenvalue weighted by atomic mass is 16.2. The number of amides is 1. The SMILES string of the molecule is CCCCCN(CCCCC)C(=O)[C@@H](N)CCCCN. The smallest absolute Gasteiger partial charge is 0.239 e. The first kappa shape index (κ1) is 19.4. The maximum absolute atomic E-state index is 12.4. The van der Waals surface area contributed by atoms with Crippen LogP contribution in [0.1, 0.15) is 71.6 Å². The second-order valence-electron chi connectivity index (χ2n) is 5.63. The summed E-state index contributed by atoms with van der Waals surface area (Å²) in [5, 5.41) is 0. The standard InChI is InChI=1S/C16H35N3O/c1-3-5-9-13-19(14-10-6-4-2)16(20)15(18)11-7-8-12-17/h15H,3-14,17-18H2,1-2H3/t15-/m0/s1. The van der Waals surface area contributed by atoms with Crippen LogP contribution >= 0.6 is 0 Å². The second kappa shape index (κ2) is 13.4. The Morgan fingerprint density at radius 1 is 0.950 bits per heavy atom. The van der Waals surface area contributed by atoms with Crippen molar-refractivity contribution in [2.24, 2.45) is 11.5 Å². The molecule has 0 spiro atoms. The molecule has 0 bridgehead atoms. The Labute approximate surface area is 125 Å². The van der Waals surface area contributed by atoms with Crippen LogP contribution in [0.15, 0.2) is 0 Å². The normalized spacial score (nSPS) is 12.4. The van der Waals surface area contributed by atoms with Gasteiger partial charge >= 0.3 is 0 Å². The molecule has 0 aliphatic heterocycles. The molecule has 0 aliphatic rings. The third-order valence-corrected chi connectivity index (χ3v) is 3.66. The van der Waals surface area contributed by atoms with Crippen molar-refractivity contribution >= 4 is 5.91 Å². The van der Waals surface area contributed by atoms with Gasteiger partial charge in [0.15, 0.2) is 0 Å². The van der Waals surface area contributed by atoms with Crippen LogP contribution in [0.3, 0.4) is 0 Å². The zero-order valence-electron chi connectivity index (χ0n) is 13.6. The van der Waals surface area contributed by atoms with Crippen LogP contribution in [0.4, 0.5) is 0 Å². The number of rotatable bonds is 13. The van der Waals surface area contributed by atoms with E-state index in [0.29, 0.717) is 6.54 Å². The minimum atomic E-state index is -0.343. The molecular weight excluding hydrogens is 250 g/mol. The minimum Gasteiger partial charge on any atom is -0.341 e. The lowest BCUT2D eigenvalue weighted by Gasteiger charge is -2.26. The summed E-state index contributed by atoms with van der Waals surface area (Å²) in [5.74, 6) is 0.134. The number of hydrogen-bond donors (Lipinski definition) is 2. The molecule has 0 fully saturated rings. The maximum atomic E-state index is 12.4. The monoisotopic (exact) mass is 285 g/mol. The molecule has 0 saturated carbocycles. The molecule has 0 aromatic rings. The van der Waals surface area contributed by atoms with Crippen molar-refractivity contribution in [3.63, 3.8) is 0 Å². The fourth-order valence-corrected chi connectivity index (χ4v) is 2.30. The highest BCUT2D eigenvalue weighted by molar-refractivity contribution is 5.81. The van der Waals surface area contributed by atoms with Gasteiger partial charge in [-0.3, -0.25) is 4.79 Å². The average molecular weight is 285 g/mol. The second-order valence-corrected chi connectivity index (χ2v) is 5.63. The molecule has 0 aromatic carbocycles. The molecule has 0 aliphatic carbocycles. The first-order valence-corrected chi connectivity index (χ1v) is 8.41. The molecule has 0 heterocycles. The summed E-state index contributed by atoms with van der Waals surface area (Å²) in [6.45, 7) is 6.77. The lowest BCUT2D eigenvalue weighted by atomic mass is 10.1. The number of carbonyl (C=O) groups is 1. The van der Waals surface area contributed by atoms with Gasteiger partial charge in [0.2, 0.25) is 5.91 Å². The highest BCUT2D eigenvalue weighted by Crippen LogP contribution is 2.07. The summed E-state index contributed by atoms with van der Waals surface area (Å²) in [4.78, 5) is 14.4. The van der Waals surface area contributed by atoms with E-state index < -0.39 is 0 Å². The lowest BCUT2D eigenvalue weighted by molar-refractivity contribution is -0.133. The number of hydrogen-bond acceptors (Lipinski definition) is 3. The zero-order chi connectivity index (χ0) is 15.2. The van der Waals surface area contributed by atoms with Gasteiger partial charge < -0.3 is 16.4 Å². The molecule has 20 heavy (non-hydrogen) atoms. The van der Waals surface area contributed by atoms with Gasteiger partial charge in [0.05, 0.1) is 6.04 Å². The third kappa shape index (κ3) is 9.32. The molecule has 4 nitrogen and oxygen atoms in total. The predicted molar refractivity (Wildman–Crippen MR) is 86.5 cm³/mol. The van der Waals surface area contributed by atoms with Crippen molar-refractivity contribution in [2.75, 3.05) is 19.6 Å². The van der Waals surface area contributed by atoms with Gasteiger partial charge in [0, 0.05) is 13.1 Å². The number of unbranched alkanes of at least 4 members (excludes halogenated alkanes) is 5. The zero-order valence-corrected chi connectivity index (χ0v) is 13.6. The van der Waals surface area contributed by atoms with E-state index in [9.17, 15) is 4.79 Å². The third-order valence-electron chi connectivity index (χ3n) is 3.66. The Morgan fingerprint density at radius 2 is 1.50 bits per heavy atom. The van der Waals surface area contributed by atoms with Crippen LogP contribution < -0.4 is 11.5 Å². The first-order chi connectivity index (χ1) is 9.67. The number of nitrogens with zero attached hydrogens (tertiary/aromatic N) is 1. The largest absolute Gasteiger partial charge is 0.341 e. The Bertz CT molecular complexity index is 224. The van der Waals surface area contributed by atoms with E-state index in [-0.39, 0.29) is 11.9 Å². The van der Waals surface area contributed by atoms with E-state index in [2.05, 4.69) is 13.8 Å². The Morgan fingerprint density at radius 3 is 1.95 bits per heavy atom. The van der Waals surface area contributed by atoms with Crippen LogP contribution in [-0.4, -0.2) is 36.5 Å². The van der Waals surface area contributed by atoms with Gasteiger partial charge in [-0.1, -0.05) is 46.0 Å². The summed E-state index contributed by atoms with van der Waals surface area (Å²) in [6, 6.07) is -0.343. The van der Waals surface area contributed by atoms with Crippen molar-refractivity contribution in [1.29, 1.82) is 0 Å². The van der Waals surface area contributed by atoms with Gasteiger partial charge in [-0.05, 0) is 32.2 Å². The molecule has 1 amide bonds. The summed E-state index contributed by atoms with van der Waals surface area (Å²) in [5.41, 5.74) is 11.5. The van der Waals surface area contributed by atoms with Crippen molar-refractivity contribution in [3.8, 4) is 0 Å². The van der Waals surface area contributed by atoms with Crippen molar-refractivity contribution in [2.45, 2.75) is 77.7 Å². The predicted octanol–water partition coefficient (Wildman–Crippen LogP) is 2.65. The van der Waals surface area contributed by atoms with Gasteiger partial charge in [0.25, 0.3) is 0 Å². The average Bonchev–Trinajstić information content (AvgIpc) is 2.45. The molecule has 0 unspecified atom stereocenters. The molecule has 120 valence electrons. The summed E-state index contributed by atoms with van der Waals surface area (Å²) < 4.78 is 0. The fourth-order valence-electron chi connectivity index (χ4n) is 2.30. The van der Waals surface area contributed by atoms with E-state index in [4.69, 9.17) is 11.5 Å². The first-order valence-electron chi connectivity index (χ1n) is 8.41. The maximum Gasteiger partial charge on any atom is 0.239 e. The van der Waals surface area contributed by atoms with Crippen LogP contribution in [0, 0.1) is 0 Å². The molecular formula is C16H35N3O. The Hall–Kier alpha value is -0.610. The van der Waals surface area contributed by atoms with Gasteiger partial charge in [-0.2, -0.15) is 0 Å². The topological polar surface area (TPSA) is 72.3 Å². The summed E-state index contributed by atoms with van der Waals surface area (Å²) in [7, 11) is 0. The molecule has 0 rings (SSSR count). The van der Waals surface area contributed by atoms with Crippen LogP contribution in [-0.2, 0) is 4.79 Å². The van der Waals surface area contributed by atoms with Crippen LogP contribution in [0.2, 0.25) is 0 Å². The summed E-state index contributed by atoms with van der Waals surface area (Å²) in [6.07, 6.45) is 9.55. The van der Waals surface area contributed by atoms with Crippen LogP contribution in [0.25, 0.3) is 0 Å². The van der Waals surface area contributed by atoms with Gasteiger partial charge in [-0.15, -0.1) is 0 Å². The Kier molecular flexibility index (Phi) is 13.0. The van der Waals surface area contributed by atoms with Crippen molar-refractivity contribution < 1.29 is 4.79 Å². The minimum absolute atomic E-state index is 0.134. The lowest BCUT2D eigenvalue weighted by Crippen LogP contribution is -2.44. The summed E-state index contributed by atoms with van der Waals surface area (Å²) >= 11 is 0. The van der Waals surface area contributed by atoms with E-state index in [0.717, 1.165) is 45.2 Å². The number of carbonyl (C=O) groups excluding carboxylic acids is 1. The van der Waals surface area contributed by atoms with E-state index in [1.165, 1.54) is 25.7 Å². The molecule has 0 radical (unpaired) electrons. The quantitative estimate of drug-likeness (QED) is 0.511. The van der Waals surface area contributed by atoms with E-state index in [1.807, 2.05) is 4.90 Å². The molecule has 0 aromatic heterocycles. The van der Waals surface area contributed by atoms with E-state index in [1.54, 1.807) is 0 Å². The highest BCUT2D eigenvalue weighted by Gasteiger charge is 2.19. The van der Waals surface area contributed by atoms with Crippen LogP contribution in [0.5, 0.6) is 0 Å². The fraction of sp³-hybridized carbons (Fsp3) is 0.938. The number of nitrogens with two attached hydrogens (primary N) is 2. The van der Waals surface area contributed by atoms with Gasteiger partial charge in [-0.25, -0.2) is 0 Å². The molecule has 4 N–H and O–H groups in total. The van der Waals surface area contributed by atoms with E-state index >= 15 is 0 Å². The molecule has 1 atom stereocenters. The van der Waals surface area contributed by atoms with Crippen molar-refractivity contribution in [1.82, 2.24) is 4.90 Å². The molecule has 4 heteroatoms. The van der Waals surface area contributed by atoms with Gasteiger partial charge in [0.1, 0.15) is 0 Å². The van der Waals surface area contributed by atoms with Crippen molar-refractivity contribution in [3.05, 3.63) is 0 Å². The molecule has 0 saturated heterocycles.